The number of carbonyl (C=O) groups is 3. The molecule has 0 radical (unpaired) electrons. The van der Waals surface area contributed by atoms with Gasteiger partial charge in [0.05, 0.1) is 24.4 Å². The number of ether oxygens (including phenoxy) is 2. The first-order chi connectivity index (χ1) is 15.2. The number of pyridine rings is 1. The Labute approximate surface area is 187 Å². The lowest BCUT2D eigenvalue weighted by molar-refractivity contribution is -0.156. The van der Waals surface area contributed by atoms with Crippen LogP contribution in [-0.2, 0) is 19.1 Å². The fourth-order valence-electron chi connectivity index (χ4n) is 3.29. The molecule has 1 aromatic heterocycles. The lowest BCUT2D eigenvalue weighted by atomic mass is 9.93. The fourth-order valence-corrected chi connectivity index (χ4v) is 3.29. The molecule has 2 heterocycles. The summed E-state index contributed by atoms with van der Waals surface area (Å²) < 4.78 is 10.3. The van der Waals surface area contributed by atoms with Gasteiger partial charge in [0.15, 0.2) is 0 Å². The summed E-state index contributed by atoms with van der Waals surface area (Å²) in [7, 11) is 1.27. The van der Waals surface area contributed by atoms with E-state index in [4.69, 9.17) is 4.74 Å². The molecule has 3 rings (SSSR count). The molecule has 1 atom stereocenters. The Balaban J connectivity index is 2.06. The number of nitrogens with one attached hydrogen (secondary N) is 2. The molecule has 1 aliphatic rings. The molecule has 2 aromatic rings. The van der Waals surface area contributed by atoms with E-state index in [2.05, 4.69) is 20.4 Å². The van der Waals surface area contributed by atoms with Crippen LogP contribution in [0.4, 0.5) is 16.2 Å². The molecule has 0 fully saturated rings. The van der Waals surface area contributed by atoms with Crippen molar-refractivity contribution in [3.05, 3.63) is 54.2 Å². The zero-order valence-corrected chi connectivity index (χ0v) is 18.6. The van der Waals surface area contributed by atoms with E-state index in [0.717, 1.165) is 5.56 Å². The summed E-state index contributed by atoms with van der Waals surface area (Å²) in [6.07, 6.45) is 5.09. The minimum absolute atomic E-state index is 0.135. The van der Waals surface area contributed by atoms with Crippen molar-refractivity contribution in [2.24, 2.45) is 0 Å². The Morgan fingerprint density at radius 3 is 2.66 bits per heavy atom. The molecule has 0 aliphatic carbocycles. The van der Waals surface area contributed by atoms with Crippen molar-refractivity contribution in [2.75, 3.05) is 17.7 Å². The molecule has 2 bridgehead atoms. The van der Waals surface area contributed by atoms with E-state index in [1.54, 1.807) is 36.5 Å². The Morgan fingerprint density at radius 1 is 1.16 bits per heavy atom. The summed E-state index contributed by atoms with van der Waals surface area (Å²) >= 11 is 0. The van der Waals surface area contributed by atoms with Crippen molar-refractivity contribution in [2.45, 2.75) is 45.1 Å². The van der Waals surface area contributed by atoms with Crippen molar-refractivity contribution in [3.8, 4) is 11.3 Å². The van der Waals surface area contributed by atoms with Crippen LogP contribution in [-0.4, -0.2) is 35.7 Å². The highest BCUT2D eigenvalue weighted by Crippen LogP contribution is 2.33. The third kappa shape index (κ3) is 5.94. The molecule has 8 heteroatoms. The maximum absolute atomic E-state index is 12.9. The summed E-state index contributed by atoms with van der Waals surface area (Å²) in [5.74, 6) is -1.10. The van der Waals surface area contributed by atoms with Gasteiger partial charge < -0.3 is 14.8 Å². The number of fused-ring (bicyclic) bond motifs is 4. The molecule has 0 saturated heterocycles. The van der Waals surface area contributed by atoms with Gasteiger partial charge >= 0.3 is 12.1 Å². The lowest BCUT2D eigenvalue weighted by Crippen LogP contribution is -2.27. The van der Waals surface area contributed by atoms with Crippen molar-refractivity contribution >= 4 is 29.3 Å². The first kappa shape index (κ1) is 23.0. The van der Waals surface area contributed by atoms with E-state index in [-0.39, 0.29) is 18.3 Å². The maximum atomic E-state index is 12.9. The molecule has 0 saturated carbocycles. The number of hydrogen-bond donors (Lipinski definition) is 2. The average Bonchev–Trinajstić information content (AvgIpc) is 2.72. The Bertz CT molecular complexity index is 1060. The van der Waals surface area contributed by atoms with Gasteiger partial charge in [-0.15, -0.1) is 0 Å². The first-order valence-corrected chi connectivity index (χ1v) is 10.3. The van der Waals surface area contributed by atoms with Crippen LogP contribution in [0.1, 0.15) is 45.1 Å². The van der Waals surface area contributed by atoms with Gasteiger partial charge in [-0.1, -0.05) is 12.2 Å². The number of aromatic nitrogens is 1. The third-order valence-electron chi connectivity index (χ3n) is 4.72. The molecule has 0 spiro atoms. The van der Waals surface area contributed by atoms with Crippen molar-refractivity contribution in [1.82, 2.24) is 4.98 Å². The van der Waals surface area contributed by atoms with Gasteiger partial charge in [0.2, 0.25) is 5.91 Å². The van der Waals surface area contributed by atoms with Gasteiger partial charge in [-0.2, -0.15) is 0 Å². The van der Waals surface area contributed by atoms with Crippen molar-refractivity contribution in [1.29, 1.82) is 0 Å². The average molecular weight is 437 g/mol. The second kappa shape index (κ2) is 9.64. The van der Waals surface area contributed by atoms with Gasteiger partial charge in [0, 0.05) is 23.9 Å². The second-order valence-corrected chi connectivity index (χ2v) is 8.40. The van der Waals surface area contributed by atoms with Crippen LogP contribution < -0.4 is 10.6 Å². The Morgan fingerprint density at radius 2 is 1.94 bits per heavy atom. The number of esters is 1. The van der Waals surface area contributed by atoms with Crippen molar-refractivity contribution < 1.29 is 23.9 Å². The molecular formula is C24H27N3O5. The number of hydrogen-bond acceptors (Lipinski definition) is 6. The van der Waals surface area contributed by atoms with Gasteiger partial charge in [-0.25, -0.2) is 4.79 Å². The van der Waals surface area contributed by atoms with E-state index >= 15 is 0 Å². The quantitative estimate of drug-likeness (QED) is 0.524. The van der Waals surface area contributed by atoms with Gasteiger partial charge in [-0.3, -0.25) is 19.9 Å². The van der Waals surface area contributed by atoms with Gasteiger partial charge in [0.1, 0.15) is 5.60 Å². The highest BCUT2D eigenvalue weighted by atomic mass is 16.6. The number of nitrogens with zero attached hydrogens (tertiary/aromatic N) is 1. The minimum Gasteiger partial charge on any atom is -0.459 e. The standard InChI is InChI=1S/C24H27N3O5/c1-24(2,3)32-22(29)17-7-5-6-8-21(28)27-20-14-16(26-23(30)31-4)9-10-18(20)19-13-15(17)11-12-25-19/h5-6,9-14,17H,7-8H2,1-4H3,(H,26,30)(H,27,28)/b6-5+. The number of carbonyl (C=O) groups excluding carboxylic acids is 3. The Kier molecular flexibility index (Phi) is 6.92. The van der Waals surface area contributed by atoms with E-state index in [1.165, 1.54) is 7.11 Å². The number of amides is 2. The summed E-state index contributed by atoms with van der Waals surface area (Å²) in [5.41, 5.74) is 2.33. The Hall–Kier alpha value is -3.68. The zero-order valence-electron chi connectivity index (χ0n) is 18.6. The van der Waals surface area contributed by atoms with Crippen LogP contribution in [0.5, 0.6) is 0 Å². The summed E-state index contributed by atoms with van der Waals surface area (Å²) in [6.45, 7) is 5.48. The molecule has 1 unspecified atom stereocenters. The summed E-state index contributed by atoms with van der Waals surface area (Å²) in [4.78, 5) is 41.4. The smallest absolute Gasteiger partial charge is 0.411 e. The van der Waals surface area contributed by atoms with E-state index in [1.807, 2.05) is 32.9 Å². The number of allylic oxidation sites excluding steroid dienone is 1. The molecule has 32 heavy (non-hydrogen) atoms. The molecular weight excluding hydrogens is 410 g/mol. The molecule has 2 amide bonds. The number of rotatable bonds is 2. The highest BCUT2D eigenvalue weighted by Gasteiger charge is 2.27. The fraction of sp³-hybridized carbons (Fsp3) is 0.333. The largest absolute Gasteiger partial charge is 0.459 e. The van der Waals surface area contributed by atoms with E-state index in [9.17, 15) is 14.4 Å². The van der Waals surface area contributed by atoms with Crippen LogP contribution in [0.25, 0.3) is 11.3 Å². The van der Waals surface area contributed by atoms with Gasteiger partial charge in [0.25, 0.3) is 0 Å². The number of benzene rings is 1. The second-order valence-electron chi connectivity index (χ2n) is 8.40. The highest BCUT2D eigenvalue weighted by molar-refractivity contribution is 5.97. The third-order valence-corrected chi connectivity index (χ3v) is 4.72. The monoisotopic (exact) mass is 437 g/mol. The maximum Gasteiger partial charge on any atom is 0.411 e. The number of methoxy groups -OCH3 is 1. The molecule has 2 N–H and O–H groups in total. The van der Waals surface area contributed by atoms with Gasteiger partial charge in [-0.05, 0) is 63.1 Å². The first-order valence-electron chi connectivity index (χ1n) is 10.3. The molecule has 1 aromatic carbocycles. The minimum atomic E-state index is -0.618. The summed E-state index contributed by atoms with van der Waals surface area (Å²) in [5, 5.41) is 5.46. The van der Waals surface area contributed by atoms with E-state index in [0.29, 0.717) is 29.1 Å². The molecule has 1 aliphatic heterocycles. The van der Waals surface area contributed by atoms with Crippen LogP contribution in [0.15, 0.2) is 48.7 Å². The summed E-state index contributed by atoms with van der Waals surface area (Å²) in [6, 6.07) is 8.69. The SMILES string of the molecule is COC(=O)Nc1ccc2c(c1)NC(=O)C/C=C/CC(C(=O)OC(C)(C)C)c1ccnc-2c1. The number of anilines is 2. The topological polar surface area (TPSA) is 107 Å². The van der Waals surface area contributed by atoms with Crippen LogP contribution in [0.3, 0.4) is 0 Å². The molecule has 168 valence electrons. The molecule has 8 nitrogen and oxygen atoms in total. The van der Waals surface area contributed by atoms with E-state index < -0.39 is 17.6 Å². The predicted octanol–water partition coefficient (Wildman–Crippen LogP) is 4.64. The van der Waals surface area contributed by atoms with Crippen LogP contribution in [0.2, 0.25) is 0 Å². The predicted molar refractivity (Wildman–Crippen MR) is 121 cm³/mol. The van der Waals surface area contributed by atoms with Crippen LogP contribution in [0, 0.1) is 0 Å². The van der Waals surface area contributed by atoms with Crippen LogP contribution >= 0.6 is 0 Å². The lowest BCUT2D eigenvalue weighted by Gasteiger charge is -2.24. The zero-order chi connectivity index (χ0) is 23.3. The van der Waals surface area contributed by atoms with Crippen molar-refractivity contribution in [3.63, 3.8) is 0 Å². The normalized spacial score (nSPS) is 17.0.